The molecule has 3 aromatic rings. The molecule has 0 bridgehead atoms. The number of nitrogens with one attached hydrogen (secondary N) is 1. The van der Waals surface area contributed by atoms with E-state index in [0.29, 0.717) is 29.2 Å². The van der Waals surface area contributed by atoms with Gasteiger partial charge in [0.15, 0.2) is 0 Å². The van der Waals surface area contributed by atoms with Gasteiger partial charge in [-0.25, -0.2) is 0 Å². The lowest BCUT2D eigenvalue weighted by atomic mass is 10.1. The zero-order valence-electron chi connectivity index (χ0n) is 19.0. The van der Waals surface area contributed by atoms with Crippen molar-refractivity contribution in [1.82, 2.24) is 0 Å². The van der Waals surface area contributed by atoms with Crippen molar-refractivity contribution in [3.63, 3.8) is 0 Å². The molecular formula is C27H29BrN2O3. The highest BCUT2D eigenvalue weighted by atomic mass is 79.9. The number of benzene rings is 3. The highest BCUT2D eigenvalue weighted by Crippen LogP contribution is 2.25. The highest BCUT2D eigenvalue weighted by molar-refractivity contribution is 9.10. The van der Waals surface area contributed by atoms with Crippen LogP contribution < -0.4 is 15.0 Å². The number of carbonyl (C=O) groups is 2. The average molecular weight is 509 g/mol. The molecule has 0 fully saturated rings. The van der Waals surface area contributed by atoms with Crippen molar-refractivity contribution in [3.8, 4) is 5.75 Å². The number of hydrogen-bond acceptors (Lipinski definition) is 3. The van der Waals surface area contributed by atoms with Crippen LogP contribution in [0.25, 0.3) is 0 Å². The smallest absolute Gasteiger partial charge is 0.259 e. The van der Waals surface area contributed by atoms with E-state index in [1.54, 1.807) is 48.3 Å². The van der Waals surface area contributed by atoms with Crippen LogP contribution in [0.3, 0.4) is 0 Å². The number of hydrogen-bond donors (Lipinski definition) is 1. The van der Waals surface area contributed by atoms with Gasteiger partial charge in [0, 0.05) is 28.5 Å². The van der Waals surface area contributed by atoms with Crippen LogP contribution >= 0.6 is 15.9 Å². The molecule has 6 heteroatoms. The van der Waals surface area contributed by atoms with E-state index in [-0.39, 0.29) is 11.8 Å². The van der Waals surface area contributed by atoms with Gasteiger partial charge in [-0.2, -0.15) is 0 Å². The number of unbranched alkanes of at least 4 members (excludes halogenated alkanes) is 3. The maximum atomic E-state index is 13.1. The molecule has 2 amide bonds. The Bertz CT molecular complexity index is 1090. The first kappa shape index (κ1) is 24.5. The van der Waals surface area contributed by atoms with Gasteiger partial charge < -0.3 is 15.0 Å². The molecule has 33 heavy (non-hydrogen) atoms. The molecule has 1 N–H and O–H groups in total. The summed E-state index contributed by atoms with van der Waals surface area (Å²) in [4.78, 5) is 27.6. The van der Waals surface area contributed by atoms with Crippen LogP contribution in [0.15, 0.2) is 77.3 Å². The second kappa shape index (κ2) is 12.2. The number of carbonyl (C=O) groups excluding carboxylic acids is 2. The molecule has 5 nitrogen and oxygen atoms in total. The number of para-hydroxylation sites is 1. The predicted octanol–water partition coefficient (Wildman–Crippen LogP) is 6.94. The predicted molar refractivity (Wildman–Crippen MR) is 137 cm³/mol. The standard InChI is InChI=1S/C27H29BrN2O3/c1-3-4-5-9-17-33-25-16-15-21(28)19-24(25)26(31)29-22-12-10-11-20(18-22)27(32)30(2)23-13-7-6-8-14-23/h6-8,10-16,18-19H,3-5,9,17H2,1-2H3,(H,29,31). The Kier molecular flexibility index (Phi) is 9.07. The molecule has 0 aliphatic heterocycles. The van der Waals surface area contributed by atoms with Crippen LogP contribution in [0.4, 0.5) is 11.4 Å². The van der Waals surface area contributed by atoms with E-state index in [1.165, 1.54) is 6.42 Å². The molecule has 0 aromatic heterocycles. The van der Waals surface area contributed by atoms with Crippen LogP contribution in [-0.4, -0.2) is 25.5 Å². The minimum Gasteiger partial charge on any atom is -0.493 e. The van der Waals surface area contributed by atoms with Crippen molar-refractivity contribution in [1.29, 1.82) is 0 Å². The van der Waals surface area contributed by atoms with Crippen molar-refractivity contribution in [2.45, 2.75) is 32.6 Å². The van der Waals surface area contributed by atoms with E-state index in [0.717, 1.165) is 29.4 Å². The maximum absolute atomic E-state index is 13.1. The van der Waals surface area contributed by atoms with Gasteiger partial charge >= 0.3 is 0 Å². The molecule has 0 unspecified atom stereocenters. The van der Waals surface area contributed by atoms with Gasteiger partial charge in [-0.3, -0.25) is 9.59 Å². The molecule has 0 spiro atoms. The molecule has 0 saturated carbocycles. The summed E-state index contributed by atoms with van der Waals surface area (Å²) in [7, 11) is 1.73. The first-order valence-electron chi connectivity index (χ1n) is 11.2. The van der Waals surface area contributed by atoms with E-state index in [2.05, 4.69) is 28.2 Å². The third-order valence-electron chi connectivity index (χ3n) is 5.26. The highest BCUT2D eigenvalue weighted by Gasteiger charge is 2.17. The van der Waals surface area contributed by atoms with Gasteiger partial charge in [-0.05, 0) is 55.0 Å². The van der Waals surface area contributed by atoms with Crippen LogP contribution in [0.2, 0.25) is 0 Å². The van der Waals surface area contributed by atoms with Crippen molar-refractivity contribution in [3.05, 3.63) is 88.4 Å². The Morgan fingerprint density at radius 3 is 2.48 bits per heavy atom. The number of amides is 2. The maximum Gasteiger partial charge on any atom is 0.259 e. The number of nitrogens with zero attached hydrogens (tertiary/aromatic N) is 1. The third kappa shape index (κ3) is 6.93. The van der Waals surface area contributed by atoms with Gasteiger partial charge in [0.2, 0.25) is 0 Å². The molecule has 3 aromatic carbocycles. The summed E-state index contributed by atoms with van der Waals surface area (Å²) in [5.74, 6) is 0.0972. The van der Waals surface area contributed by atoms with Crippen molar-refractivity contribution in [2.75, 3.05) is 23.9 Å². The second-order valence-electron chi connectivity index (χ2n) is 7.78. The van der Waals surface area contributed by atoms with E-state index >= 15 is 0 Å². The third-order valence-corrected chi connectivity index (χ3v) is 5.75. The molecule has 0 heterocycles. The number of halogens is 1. The summed E-state index contributed by atoms with van der Waals surface area (Å²) in [6, 6.07) is 21.8. The fourth-order valence-electron chi connectivity index (χ4n) is 3.41. The Morgan fingerprint density at radius 2 is 1.73 bits per heavy atom. The van der Waals surface area contributed by atoms with Gasteiger partial charge in [-0.15, -0.1) is 0 Å². The van der Waals surface area contributed by atoms with Crippen molar-refractivity contribution >= 4 is 39.1 Å². The molecule has 172 valence electrons. The zero-order chi connectivity index (χ0) is 23.6. The lowest BCUT2D eigenvalue weighted by molar-refractivity contribution is 0.0989. The largest absolute Gasteiger partial charge is 0.493 e. The number of anilines is 2. The Morgan fingerprint density at radius 1 is 0.939 bits per heavy atom. The summed E-state index contributed by atoms with van der Waals surface area (Å²) >= 11 is 3.44. The van der Waals surface area contributed by atoms with Gasteiger partial charge in [0.1, 0.15) is 5.75 Å². The molecule has 0 atom stereocenters. The lowest BCUT2D eigenvalue weighted by Gasteiger charge is -2.18. The molecular weight excluding hydrogens is 480 g/mol. The topological polar surface area (TPSA) is 58.6 Å². The summed E-state index contributed by atoms with van der Waals surface area (Å²) in [5, 5.41) is 2.90. The van der Waals surface area contributed by atoms with Gasteiger partial charge in [0.25, 0.3) is 11.8 Å². The molecule has 0 aliphatic rings. The fraction of sp³-hybridized carbons (Fsp3) is 0.259. The Labute approximate surface area is 203 Å². The zero-order valence-corrected chi connectivity index (χ0v) is 20.6. The van der Waals surface area contributed by atoms with Crippen molar-refractivity contribution in [2.24, 2.45) is 0 Å². The minimum atomic E-state index is -0.291. The number of ether oxygens (including phenoxy) is 1. The Balaban J connectivity index is 1.72. The summed E-state index contributed by atoms with van der Waals surface area (Å²) in [6.07, 6.45) is 4.39. The molecule has 0 saturated heterocycles. The van der Waals surface area contributed by atoms with E-state index in [1.807, 2.05) is 36.4 Å². The Hall–Kier alpha value is -3.12. The fourth-order valence-corrected chi connectivity index (χ4v) is 3.77. The first-order chi connectivity index (χ1) is 16.0. The van der Waals surface area contributed by atoms with E-state index in [9.17, 15) is 9.59 Å². The molecule has 0 radical (unpaired) electrons. The molecule has 0 aliphatic carbocycles. The quantitative estimate of drug-likeness (QED) is 0.301. The van der Waals surface area contributed by atoms with Crippen LogP contribution in [0.1, 0.15) is 53.3 Å². The SMILES string of the molecule is CCCCCCOc1ccc(Br)cc1C(=O)Nc1cccc(C(=O)N(C)c2ccccc2)c1. The summed E-state index contributed by atoms with van der Waals surface area (Å²) in [6.45, 7) is 2.73. The van der Waals surface area contributed by atoms with Crippen LogP contribution in [0.5, 0.6) is 5.75 Å². The van der Waals surface area contributed by atoms with Crippen LogP contribution in [-0.2, 0) is 0 Å². The average Bonchev–Trinajstić information content (AvgIpc) is 2.84. The van der Waals surface area contributed by atoms with Gasteiger partial charge in [0.05, 0.1) is 12.2 Å². The van der Waals surface area contributed by atoms with Crippen molar-refractivity contribution < 1.29 is 14.3 Å². The van der Waals surface area contributed by atoms with Crippen LogP contribution in [0, 0.1) is 0 Å². The van der Waals surface area contributed by atoms with Gasteiger partial charge in [-0.1, -0.05) is 66.4 Å². The van der Waals surface area contributed by atoms with E-state index in [4.69, 9.17) is 4.74 Å². The summed E-state index contributed by atoms with van der Waals surface area (Å²) in [5.41, 5.74) is 2.27. The minimum absolute atomic E-state index is 0.157. The number of rotatable bonds is 10. The monoisotopic (exact) mass is 508 g/mol. The summed E-state index contributed by atoms with van der Waals surface area (Å²) < 4.78 is 6.69. The normalized spacial score (nSPS) is 10.5. The van der Waals surface area contributed by atoms with E-state index < -0.39 is 0 Å². The lowest BCUT2D eigenvalue weighted by Crippen LogP contribution is -2.26. The second-order valence-corrected chi connectivity index (χ2v) is 8.70. The first-order valence-corrected chi connectivity index (χ1v) is 12.0. The molecule has 3 rings (SSSR count).